The summed E-state index contributed by atoms with van der Waals surface area (Å²) in [6.07, 6.45) is 5.01. The summed E-state index contributed by atoms with van der Waals surface area (Å²) >= 11 is 0. The fourth-order valence-corrected chi connectivity index (χ4v) is 3.77. The SMILES string of the molecule is CCOC(C=Cc1ccc(C(=N)N)cc1)C(C)(C)C(=O)N1CCC(CC(=O)O)CC1. The minimum absolute atomic E-state index is 0.0197. The predicted octanol–water partition coefficient (Wildman–Crippen LogP) is 3.13. The number of nitrogens with one attached hydrogen (secondary N) is 1. The van der Waals surface area contributed by atoms with E-state index in [0.717, 1.165) is 5.56 Å². The van der Waals surface area contributed by atoms with E-state index in [1.54, 1.807) is 12.1 Å². The van der Waals surface area contributed by atoms with Crippen LogP contribution in [0.4, 0.5) is 0 Å². The highest BCUT2D eigenvalue weighted by molar-refractivity contribution is 5.95. The first kappa shape index (κ1) is 23.6. The summed E-state index contributed by atoms with van der Waals surface area (Å²) in [5.74, 6) is -0.601. The van der Waals surface area contributed by atoms with E-state index in [9.17, 15) is 9.59 Å². The molecular weight excluding hydrogens is 382 g/mol. The van der Waals surface area contributed by atoms with Crippen LogP contribution in [0.1, 0.15) is 51.2 Å². The van der Waals surface area contributed by atoms with Crippen LogP contribution in [-0.2, 0) is 14.3 Å². The number of carboxylic acid groups (broad SMARTS) is 1. The average molecular weight is 416 g/mol. The van der Waals surface area contributed by atoms with Crippen molar-refractivity contribution >= 4 is 23.8 Å². The van der Waals surface area contributed by atoms with Crippen molar-refractivity contribution in [1.29, 1.82) is 5.41 Å². The lowest BCUT2D eigenvalue weighted by Gasteiger charge is -2.39. The van der Waals surface area contributed by atoms with Gasteiger partial charge >= 0.3 is 5.97 Å². The Morgan fingerprint density at radius 1 is 1.30 bits per heavy atom. The molecule has 1 saturated heterocycles. The van der Waals surface area contributed by atoms with E-state index < -0.39 is 17.5 Å². The number of amidine groups is 1. The number of nitrogens with zero attached hydrogens (tertiary/aromatic N) is 1. The van der Waals surface area contributed by atoms with Crippen LogP contribution >= 0.6 is 0 Å². The molecule has 1 amide bonds. The highest BCUT2D eigenvalue weighted by Crippen LogP contribution is 2.31. The van der Waals surface area contributed by atoms with E-state index in [0.29, 0.717) is 38.1 Å². The third kappa shape index (κ3) is 6.16. The zero-order chi connectivity index (χ0) is 22.3. The summed E-state index contributed by atoms with van der Waals surface area (Å²) in [6.45, 7) is 7.32. The molecule has 1 fully saturated rings. The average Bonchev–Trinajstić information content (AvgIpc) is 2.70. The van der Waals surface area contributed by atoms with Gasteiger partial charge in [-0.2, -0.15) is 0 Å². The van der Waals surface area contributed by atoms with E-state index in [4.69, 9.17) is 21.0 Å². The second-order valence-corrected chi connectivity index (χ2v) is 8.33. The molecular formula is C23H33N3O4. The Morgan fingerprint density at radius 2 is 1.90 bits per heavy atom. The Bertz CT molecular complexity index is 778. The molecule has 0 radical (unpaired) electrons. The number of hydrogen-bond donors (Lipinski definition) is 3. The molecule has 1 aliphatic heterocycles. The molecule has 0 aliphatic carbocycles. The number of ether oxygens (including phenoxy) is 1. The molecule has 7 nitrogen and oxygen atoms in total. The van der Waals surface area contributed by atoms with E-state index in [1.807, 2.05) is 50.0 Å². The lowest BCUT2D eigenvalue weighted by molar-refractivity contribution is -0.148. The van der Waals surface area contributed by atoms with E-state index >= 15 is 0 Å². The van der Waals surface area contributed by atoms with E-state index in [2.05, 4.69) is 0 Å². The molecule has 4 N–H and O–H groups in total. The van der Waals surface area contributed by atoms with Gasteiger partial charge in [0.15, 0.2) is 0 Å². The van der Waals surface area contributed by atoms with Crippen LogP contribution < -0.4 is 5.73 Å². The molecule has 1 unspecified atom stereocenters. The zero-order valence-electron chi connectivity index (χ0n) is 18.1. The molecule has 0 saturated carbocycles. The number of carbonyl (C=O) groups is 2. The Hall–Kier alpha value is -2.67. The van der Waals surface area contributed by atoms with Crippen molar-refractivity contribution in [3.63, 3.8) is 0 Å². The summed E-state index contributed by atoms with van der Waals surface area (Å²) in [4.78, 5) is 26.0. The first-order chi connectivity index (χ1) is 14.1. The third-order valence-corrected chi connectivity index (χ3v) is 5.66. The molecule has 0 spiro atoms. The number of benzene rings is 1. The van der Waals surface area contributed by atoms with Gasteiger partial charge in [0.2, 0.25) is 5.91 Å². The van der Waals surface area contributed by atoms with Crippen molar-refractivity contribution in [3.05, 3.63) is 41.5 Å². The number of carbonyl (C=O) groups excluding carboxylic acids is 1. The highest BCUT2D eigenvalue weighted by atomic mass is 16.5. The standard InChI is InChI=1S/C23H33N3O4/c1-4-30-19(10-7-16-5-8-18(9-6-16)21(24)25)23(2,3)22(29)26-13-11-17(12-14-26)15-20(27)28/h5-10,17,19H,4,11-15H2,1-3H3,(H3,24,25)(H,27,28). The predicted molar refractivity (Wildman–Crippen MR) is 117 cm³/mol. The largest absolute Gasteiger partial charge is 0.481 e. The number of nitrogens with two attached hydrogens (primary N) is 1. The van der Waals surface area contributed by atoms with Gasteiger partial charge in [0, 0.05) is 31.7 Å². The van der Waals surface area contributed by atoms with Crippen molar-refractivity contribution in [2.75, 3.05) is 19.7 Å². The van der Waals surface area contributed by atoms with Crippen LogP contribution in [0.25, 0.3) is 6.08 Å². The van der Waals surface area contributed by atoms with Gasteiger partial charge in [-0.3, -0.25) is 15.0 Å². The number of likely N-dealkylation sites (tertiary alicyclic amines) is 1. The number of aliphatic carboxylic acids is 1. The van der Waals surface area contributed by atoms with Crippen LogP contribution in [0.2, 0.25) is 0 Å². The van der Waals surface area contributed by atoms with Crippen LogP contribution in [0, 0.1) is 16.7 Å². The van der Waals surface area contributed by atoms with Crippen molar-refractivity contribution in [2.45, 2.75) is 46.1 Å². The van der Waals surface area contributed by atoms with E-state index in [-0.39, 0.29) is 24.1 Å². The summed E-state index contributed by atoms with van der Waals surface area (Å²) in [5, 5.41) is 16.4. The van der Waals surface area contributed by atoms with Gasteiger partial charge < -0.3 is 20.5 Å². The van der Waals surface area contributed by atoms with Crippen molar-refractivity contribution in [2.24, 2.45) is 17.1 Å². The quantitative estimate of drug-likeness (QED) is 0.423. The fraction of sp³-hybridized carbons (Fsp3) is 0.522. The Kier molecular flexibility index (Phi) is 8.17. The summed E-state index contributed by atoms with van der Waals surface area (Å²) in [7, 11) is 0. The number of amides is 1. The Morgan fingerprint density at radius 3 is 2.40 bits per heavy atom. The van der Waals surface area contributed by atoms with E-state index in [1.165, 1.54) is 0 Å². The molecule has 7 heteroatoms. The van der Waals surface area contributed by atoms with Gasteiger partial charge in [0.25, 0.3) is 0 Å². The van der Waals surface area contributed by atoms with Crippen LogP contribution in [0.5, 0.6) is 0 Å². The molecule has 2 rings (SSSR count). The number of nitrogen functional groups attached to an aromatic ring is 1. The van der Waals surface area contributed by atoms with Gasteiger partial charge in [-0.25, -0.2) is 0 Å². The van der Waals surface area contributed by atoms with Gasteiger partial charge in [0.05, 0.1) is 11.5 Å². The van der Waals surface area contributed by atoms with Crippen LogP contribution in [0.3, 0.4) is 0 Å². The van der Waals surface area contributed by atoms with Crippen molar-refractivity contribution < 1.29 is 19.4 Å². The summed E-state index contributed by atoms with van der Waals surface area (Å²) < 4.78 is 5.91. The lowest BCUT2D eigenvalue weighted by Crippen LogP contribution is -2.50. The normalized spacial score (nSPS) is 16.6. The fourth-order valence-electron chi connectivity index (χ4n) is 3.77. The second kappa shape index (κ2) is 10.4. The van der Waals surface area contributed by atoms with Gasteiger partial charge in [-0.1, -0.05) is 36.4 Å². The molecule has 164 valence electrons. The molecule has 1 aromatic carbocycles. The van der Waals surface area contributed by atoms with Crippen molar-refractivity contribution in [1.82, 2.24) is 4.90 Å². The molecule has 30 heavy (non-hydrogen) atoms. The number of carboxylic acids is 1. The molecule has 1 heterocycles. The van der Waals surface area contributed by atoms with Gasteiger partial charge in [-0.15, -0.1) is 0 Å². The minimum Gasteiger partial charge on any atom is -0.481 e. The molecule has 0 aromatic heterocycles. The Labute approximate surface area is 178 Å². The molecule has 0 bridgehead atoms. The number of piperidine rings is 1. The smallest absolute Gasteiger partial charge is 0.303 e. The molecule has 1 atom stereocenters. The molecule has 1 aromatic rings. The second-order valence-electron chi connectivity index (χ2n) is 8.33. The van der Waals surface area contributed by atoms with Gasteiger partial charge in [-0.05, 0) is 45.1 Å². The maximum Gasteiger partial charge on any atom is 0.303 e. The maximum absolute atomic E-state index is 13.3. The van der Waals surface area contributed by atoms with Crippen LogP contribution in [-0.4, -0.2) is 53.5 Å². The number of hydrogen-bond acceptors (Lipinski definition) is 4. The Balaban J connectivity index is 2.08. The first-order valence-electron chi connectivity index (χ1n) is 10.4. The molecule has 1 aliphatic rings. The monoisotopic (exact) mass is 415 g/mol. The number of rotatable bonds is 9. The zero-order valence-corrected chi connectivity index (χ0v) is 18.1. The lowest BCUT2D eigenvalue weighted by atomic mass is 9.82. The van der Waals surface area contributed by atoms with Gasteiger partial charge in [0.1, 0.15) is 5.84 Å². The first-order valence-corrected chi connectivity index (χ1v) is 10.4. The van der Waals surface area contributed by atoms with Crippen molar-refractivity contribution in [3.8, 4) is 0 Å². The summed E-state index contributed by atoms with van der Waals surface area (Å²) in [5.41, 5.74) is 6.33. The topological polar surface area (TPSA) is 117 Å². The maximum atomic E-state index is 13.3. The minimum atomic E-state index is -0.780. The summed E-state index contributed by atoms with van der Waals surface area (Å²) in [6, 6.07) is 7.32. The highest BCUT2D eigenvalue weighted by Gasteiger charge is 2.40. The third-order valence-electron chi connectivity index (χ3n) is 5.66. The van der Waals surface area contributed by atoms with Crippen LogP contribution in [0.15, 0.2) is 30.3 Å².